The van der Waals surface area contributed by atoms with Crippen LogP contribution in [0.1, 0.15) is 34.4 Å². The molecule has 1 aliphatic heterocycles. The monoisotopic (exact) mass is 597 g/mol. The topological polar surface area (TPSA) is 155 Å². The third-order valence-electron chi connectivity index (χ3n) is 7.07. The van der Waals surface area contributed by atoms with E-state index in [1.807, 2.05) is 6.92 Å². The molecule has 0 bridgehead atoms. The standard InChI is InChI=1S/C27H22F3N7O4S/c1-11-33-27(37(35-11)19-6-21-18(5-14(19)7-31)34-12(2)42-21)26-25(40)23(24(39)20(10-38)41-26)36-9-15(8-32-36)13-3-16(28)22(30)17(29)4-13/h3-6,8-9,20,23-26,38-40H,10H2,1-2H3/t20?,23?,24-,25-,26+/m0/s1. The van der Waals surface area contributed by atoms with Gasteiger partial charge in [-0.3, -0.25) is 4.68 Å². The van der Waals surface area contributed by atoms with E-state index in [1.54, 1.807) is 19.1 Å². The predicted molar refractivity (Wildman–Crippen MR) is 142 cm³/mol. The molecule has 2 unspecified atom stereocenters. The molecule has 0 saturated carbocycles. The zero-order valence-corrected chi connectivity index (χ0v) is 22.8. The van der Waals surface area contributed by atoms with E-state index < -0.39 is 54.5 Å². The second-order valence-corrected chi connectivity index (χ2v) is 11.1. The maximum absolute atomic E-state index is 13.9. The van der Waals surface area contributed by atoms with Crippen LogP contribution in [0.4, 0.5) is 13.2 Å². The Morgan fingerprint density at radius 2 is 1.79 bits per heavy atom. The third-order valence-corrected chi connectivity index (χ3v) is 8.00. The normalized spacial score (nSPS) is 22.5. The van der Waals surface area contributed by atoms with E-state index in [0.29, 0.717) is 17.0 Å². The molecule has 1 saturated heterocycles. The van der Waals surface area contributed by atoms with Crippen LogP contribution < -0.4 is 0 Å². The Kier molecular flexibility index (Phi) is 7.03. The first kappa shape index (κ1) is 27.9. The highest BCUT2D eigenvalue weighted by molar-refractivity contribution is 7.18. The second-order valence-electron chi connectivity index (χ2n) is 9.82. The highest BCUT2D eigenvalue weighted by atomic mass is 32.1. The van der Waals surface area contributed by atoms with Crippen molar-refractivity contribution in [2.45, 2.75) is 44.3 Å². The molecule has 2 aromatic carbocycles. The maximum atomic E-state index is 13.9. The molecule has 0 radical (unpaired) electrons. The van der Waals surface area contributed by atoms with Gasteiger partial charge in [0.1, 0.15) is 42.4 Å². The number of aryl methyl sites for hydroxylation is 2. The SMILES string of the molecule is Cc1nc([C@@H]2OC(CO)[C@H](O)C(n3cc(-c4cc(F)c(F)c(F)c4)cn3)[C@@H]2O)n(-c2cc3sc(C)nc3cc2C#N)n1. The fraction of sp³-hybridized carbons (Fsp3) is 0.296. The second kappa shape index (κ2) is 10.6. The van der Waals surface area contributed by atoms with E-state index in [-0.39, 0.29) is 22.5 Å². The number of nitrogens with zero attached hydrogens (tertiary/aromatic N) is 7. The summed E-state index contributed by atoms with van der Waals surface area (Å²) in [5.41, 5.74) is 1.42. The Morgan fingerprint density at radius 1 is 1.05 bits per heavy atom. The molecule has 42 heavy (non-hydrogen) atoms. The van der Waals surface area contributed by atoms with Crippen LogP contribution in [0.15, 0.2) is 36.7 Å². The summed E-state index contributed by atoms with van der Waals surface area (Å²) in [7, 11) is 0. The Bertz CT molecular complexity index is 1840. The average Bonchev–Trinajstić information content (AvgIpc) is 3.68. The smallest absolute Gasteiger partial charge is 0.194 e. The van der Waals surface area contributed by atoms with Gasteiger partial charge in [0.25, 0.3) is 0 Å². The maximum Gasteiger partial charge on any atom is 0.194 e. The fourth-order valence-electron chi connectivity index (χ4n) is 5.14. The van der Waals surface area contributed by atoms with E-state index >= 15 is 0 Å². The minimum absolute atomic E-state index is 0.0166. The molecule has 15 heteroatoms. The lowest BCUT2D eigenvalue weighted by atomic mass is 9.92. The van der Waals surface area contributed by atoms with Gasteiger partial charge in [0.2, 0.25) is 0 Å². The number of nitriles is 1. The number of rotatable bonds is 5. The molecule has 11 nitrogen and oxygen atoms in total. The first-order valence-corrected chi connectivity index (χ1v) is 13.5. The number of aliphatic hydroxyl groups is 3. The van der Waals surface area contributed by atoms with Crippen molar-refractivity contribution < 1.29 is 33.2 Å². The fourth-order valence-corrected chi connectivity index (χ4v) is 5.98. The summed E-state index contributed by atoms with van der Waals surface area (Å²) >= 11 is 1.43. The number of ether oxygens (including phenoxy) is 1. The van der Waals surface area contributed by atoms with Gasteiger partial charge in [-0.25, -0.2) is 27.8 Å². The van der Waals surface area contributed by atoms with Crippen molar-refractivity contribution in [1.29, 1.82) is 5.26 Å². The van der Waals surface area contributed by atoms with Crippen molar-refractivity contribution in [3.05, 3.63) is 76.3 Å². The lowest BCUT2D eigenvalue weighted by Crippen LogP contribution is -2.53. The summed E-state index contributed by atoms with van der Waals surface area (Å²) < 4.78 is 50.5. The van der Waals surface area contributed by atoms with Gasteiger partial charge in [0.05, 0.1) is 39.3 Å². The molecule has 0 spiro atoms. The number of hydrogen-bond donors (Lipinski definition) is 3. The first-order valence-electron chi connectivity index (χ1n) is 12.7. The van der Waals surface area contributed by atoms with Crippen LogP contribution >= 0.6 is 11.3 Å². The Balaban J connectivity index is 1.42. The molecular formula is C27H22F3N7O4S. The van der Waals surface area contributed by atoms with Crippen LogP contribution in [0.3, 0.4) is 0 Å². The predicted octanol–water partition coefficient (Wildman–Crippen LogP) is 3.04. The minimum Gasteiger partial charge on any atom is -0.394 e. The number of aliphatic hydroxyl groups excluding tert-OH is 3. The molecule has 216 valence electrons. The van der Waals surface area contributed by atoms with Crippen molar-refractivity contribution in [2.75, 3.05) is 6.61 Å². The summed E-state index contributed by atoms with van der Waals surface area (Å²) in [5, 5.41) is 52.0. The quantitative estimate of drug-likeness (QED) is 0.259. The van der Waals surface area contributed by atoms with Crippen LogP contribution in [0, 0.1) is 42.6 Å². The van der Waals surface area contributed by atoms with Gasteiger partial charge in [0, 0.05) is 11.8 Å². The van der Waals surface area contributed by atoms with E-state index in [9.17, 15) is 33.8 Å². The Labute approximate surface area is 239 Å². The highest BCUT2D eigenvalue weighted by Crippen LogP contribution is 2.39. The van der Waals surface area contributed by atoms with Gasteiger partial charge in [0.15, 0.2) is 23.3 Å². The molecular weight excluding hydrogens is 575 g/mol. The number of fused-ring (bicyclic) bond motifs is 1. The number of hydrogen-bond acceptors (Lipinski definition) is 10. The number of aromatic nitrogens is 6. The Hall–Kier alpha value is -4.20. The van der Waals surface area contributed by atoms with Gasteiger partial charge >= 0.3 is 0 Å². The molecule has 5 aromatic rings. The van der Waals surface area contributed by atoms with Gasteiger partial charge in [-0.1, -0.05) is 0 Å². The van der Waals surface area contributed by atoms with Crippen LogP contribution in [0.5, 0.6) is 0 Å². The van der Waals surface area contributed by atoms with Gasteiger partial charge < -0.3 is 20.1 Å². The van der Waals surface area contributed by atoms with Crippen molar-refractivity contribution >= 4 is 21.6 Å². The van der Waals surface area contributed by atoms with Gasteiger partial charge in [-0.2, -0.15) is 15.5 Å². The van der Waals surface area contributed by atoms with Crippen molar-refractivity contribution in [3.63, 3.8) is 0 Å². The molecule has 0 aliphatic carbocycles. The Morgan fingerprint density at radius 3 is 2.48 bits per heavy atom. The molecule has 0 amide bonds. The van der Waals surface area contributed by atoms with Crippen molar-refractivity contribution in [3.8, 4) is 22.9 Å². The number of thiazole rings is 1. The lowest BCUT2D eigenvalue weighted by molar-refractivity contribution is -0.210. The summed E-state index contributed by atoms with van der Waals surface area (Å²) in [6.45, 7) is 2.83. The minimum atomic E-state index is -1.61. The van der Waals surface area contributed by atoms with E-state index in [0.717, 1.165) is 21.8 Å². The van der Waals surface area contributed by atoms with Crippen molar-refractivity contribution in [1.82, 2.24) is 29.5 Å². The van der Waals surface area contributed by atoms with Gasteiger partial charge in [-0.15, -0.1) is 11.3 Å². The molecule has 1 aliphatic rings. The molecule has 6 rings (SSSR count). The number of benzene rings is 2. The van der Waals surface area contributed by atoms with Crippen molar-refractivity contribution in [2.24, 2.45) is 0 Å². The van der Waals surface area contributed by atoms with Crippen LogP contribution in [-0.2, 0) is 4.74 Å². The van der Waals surface area contributed by atoms with Gasteiger partial charge in [-0.05, 0) is 43.7 Å². The molecule has 4 heterocycles. The third kappa shape index (κ3) is 4.63. The summed E-state index contributed by atoms with van der Waals surface area (Å²) in [6.07, 6.45) is -2.91. The first-order chi connectivity index (χ1) is 20.1. The van der Waals surface area contributed by atoms with E-state index in [1.165, 1.54) is 33.1 Å². The largest absolute Gasteiger partial charge is 0.394 e. The molecule has 5 atom stereocenters. The van der Waals surface area contributed by atoms with E-state index in [2.05, 4.69) is 26.2 Å². The number of halogens is 3. The summed E-state index contributed by atoms with van der Waals surface area (Å²) in [6, 6.07) is 5.88. The molecule has 3 aromatic heterocycles. The van der Waals surface area contributed by atoms with Crippen LogP contribution in [-0.4, -0.2) is 69.8 Å². The van der Waals surface area contributed by atoms with Crippen LogP contribution in [0.25, 0.3) is 27.0 Å². The lowest BCUT2D eigenvalue weighted by Gasteiger charge is -2.41. The molecule has 3 N–H and O–H groups in total. The average molecular weight is 598 g/mol. The summed E-state index contributed by atoms with van der Waals surface area (Å²) in [5.74, 6) is -3.99. The molecule has 1 fully saturated rings. The zero-order chi connectivity index (χ0) is 29.9. The van der Waals surface area contributed by atoms with Crippen LogP contribution in [0.2, 0.25) is 0 Å². The summed E-state index contributed by atoms with van der Waals surface area (Å²) in [4.78, 5) is 8.89. The van der Waals surface area contributed by atoms with E-state index in [4.69, 9.17) is 4.74 Å². The zero-order valence-electron chi connectivity index (χ0n) is 22.0. The highest BCUT2D eigenvalue weighted by Gasteiger charge is 2.48.